The average Bonchev–Trinajstić information content (AvgIpc) is 2.90. The number of carbonyl (C=O) groups is 3. The van der Waals surface area contributed by atoms with Crippen LogP contribution in [0.5, 0.6) is 0 Å². The zero-order chi connectivity index (χ0) is 26.0. The Labute approximate surface area is 219 Å². The molecule has 0 heterocycles. The molecule has 0 amide bonds. The van der Waals surface area contributed by atoms with Crippen LogP contribution in [0.2, 0.25) is 0 Å². The van der Waals surface area contributed by atoms with Crippen molar-refractivity contribution in [3.63, 3.8) is 0 Å². The lowest BCUT2D eigenvalue weighted by Crippen LogP contribution is -2.27. The molecule has 37 heavy (non-hydrogen) atoms. The minimum atomic E-state index is -0.357. The lowest BCUT2D eigenvalue weighted by molar-refractivity contribution is 0.0980. The molecular formula is C28H14B4N2O3. The first kappa shape index (κ1) is 23.2. The van der Waals surface area contributed by atoms with E-state index in [1.54, 1.807) is 60.7 Å². The standard InChI is InChI=1S/C28H14B4N2O3/c29-33(30)21-11-9-16(20-13-14-5-1-2-6-15(14)26(35)23(20)21)17-10-12-22(34(31)32)25-24(17)27(36)18-7-3-4-8-19(18)28(25)37/h1-12H,13H2. The SMILES string of the molecule is [B]N([B])c1ccc(-c2ccc(N([B])[B])c3c2C(=O)c2ccccc2C3=O)c2c1C(=O)c1ccccc1C2. The maximum absolute atomic E-state index is 13.9. The molecule has 0 atom stereocenters. The van der Waals surface area contributed by atoms with E-state index in [1.165, 1.54) is 0 Å². The molecule has 0 N–H and O–H groups in total. The van der Waals surface area contributed by atoms with Crippen LogP contribution in [0.15, 0.2) is 72.8 Å². The predicted octanol–water partition coefficient (Wildman–Crippen LogP) is 3.21. The molecule has 4 aromatic rings. The highest BCUT2D eigenvalue weighted by Gasteiger charge is 2.36. The molecule has 4 aromatic carbocycles. The van der Waals surface area contributed by atoms with E-state index < -0.39 is 0 Å². The number of ketones is 3. The van der Waals surface area contributed by atoms with Crippen molar-refractivity contribution in [3.8, 4) is 11.1 Å². The lowest BCUT2D eigenvalue weighted by Gasteiger charge is -2.30. The number of benzene rings is 4. The number of rotatable bonds is 3. The molecule has 9 heteroatoms. The van der Waals surface area contributed by atoms with Crippen LogP contribution < -0.4 is 9.44 Å². The summed E-state index contributed by atoms with van der Waals surface area (Å²) in [6, 6.07) is 20.7. The van der Waals surface area contributed by atoms with E-state index in [2.05, 4.69) is 0 Å². The Balaban J connectivity index is 1.67. The molecule has 0 saturated carbocycles. The molecule has 0 bridgehead atoms. The largest absolute Gasteiger partial charge is 0.478 e. The van der Waals surface area contributed by atoms with Gasteiger partial charge in [-0.2, -0.15) is 0 Å². The van der Waals surface area contributed by atoms with E-state index in [4.69, 9.17) is 31.9 Å². The van der Waals surface area contributed by atoms with Gasteiger partial charge in [-0.15, -0.1) is 0 Å². The van der Waals surface area contributed by atoms with E-state index in [0.29, 0.717) is 45.5 Å². The maximum Gasteiger partial charge on any atom is 0.209 e. The van der Waals surface area contributed by atoms with Gasteiger partial charge in [0.05, 0.1) is 5.56 Å². The van der Waals surface area contributed by atoms with Gasteiger partial charge in [-0.3, -0.25) is 14.4 Å². The first-order valence-corrected chi connectivity index (χ1v) is 11.5. The smallest absolute Gasteiger partial charge is 0.209 e. The Bertz CT molecular complexity index is 1680. The highest BCUT2D eigenvalue weighted by molar-refractivity contribution is 6.44. The van der Waals surface area contributed by atoms with E-state index in [1.807, 2.05) is 12.1 Å². The molecule has 6 rings (SSSR count). The third-order valence-electron chi connectivity index (χ3n) is 7.05. The summed E-state index contributed by atoms with van der Waals surface area (Å²) in [5.41, 5.74) is 4.97. The molecule has 0 unspecified atom stereocenters. The average molecular weight is 470 g/mol. The van der Waals surface area contributed by atoms with Gasteiger partial charge < -0.3 is 9.44 Å². The molecule has 0 aliphatic heterocycles. The van der Waals surface area contributed by atoms with Crippen LogP contribution in [0.25, 0.3) is 11.1 Å². The number of fused-ring (bicyclic) bond motifs is 4. The summed E-state index contributed by atoms with van der Waals surface area (Å²) >= 11 is 0. The van der Waals surface area contributed by atoms with Gasteiger partial charge in [0.2, 0.25) is 31.9 Å². The Hall–Kier alpha value is -4.25. The number of nitrogens with zero attached hydrogens (tertiary/aromatic N) is 2. The molecule has 0 fully saturated rings. The minimum absolute atomic E-state index is 0.117. The summed E-state index contributed by atoms with van der Waals surface area (Å²) in [5.74, 6) is -0.906. The molecule has 0 spiro atoms. The maximum atomic E-state index is 13.9. The third kappa shape index (κ3) is 3.34. The molecule has 0 aromatic heterocycles. The summed E-state index contributed by atoms with van der Waals surface area (Å²) < 4.78 is 1.75. The molecule has 2 aliphatic carbocycles. The van der Waals surface area contributed by atoms with Gasteiger partial charge in [0.1, 0.15) is 0 Å². The van der Waals surface area contributed by atoms with Crippen LogP contribution in [0.3, 0.4) is 0 Å². The van der Waals surface area contributed by atoms with E-state index in [-0.39, 0.29) is 39.7 Å². The van der Waals surface area contributed by atoms with Crippen molar-refractivity contribution >= 4 is 60.6 Å². The van der Waals surface area contributed by atoms with Gasteiger partial charge in [0.15, 0.2) is 17.3 Å². The minimum Gasteiger partial charge on any atom is -0.478 e. The second kappa shape index (κ2) is 8.41. The Morgan fingerprint density at radius 1 is 0.486 bits per heavy atom. The first-order chi connectivity index (χ1) is 17.8. The van der Waals surface area contributed by atoms with Crippen molar-refractivity contribution in [2.24, 2.45) is 0 Å². The van der Waals surface area contributed by atoms with Gasteiger partial charge in [0.25, 0.3) is 0 Å². The summed E-state index contributed by atoms with van der Waals surface area (Å²) in [6.45, 7) is 0. The summed E-state index contributed by atoms with van der Waals surface area (Å²) in [7, 11) is 23.5. The van der Waals surface area contributed by atoms with Crippen LogP contribution in [0, 0.1) is 0 Å². The van der Waals surface area contributed by atoms with E-state index in [0.717, 1.165) is 15.0 Å². The number of hydrogen-bond acceptors (Lipinski definition) is 5. The van der Waals surface area contributed by atoms with Crippen LogP contribution in [-0.4, -0.2) is 49.3 Å². The third-order valence-corrected chi connectivity index (χ3v) is 7.05. The molecule has 5 nitrogen and oxygen atoms in total. The summed E-state index contributed by atoms with van der Waals surface area (Å²) in [6.07, 6.45) is 0.406. The predicted molar refractivity (Wildman–Crippen MR) is 146 cm³/mol. The van der Waals surface area contributed by atoms with Crippen molar-refractivity contribution in [1.82, 2.24) is 0 Å². The molecule has 8 radical (unpaired) electrons. The van der Waals surface area contributed by atoms with Gasteiger partial charge in [-0.1, -0.05) is 60.7 Å². The van der Waals surface area contributed by atoms with Crippen LogP contribution >= 0.6 is 0 Å². The number of hydrogen-bond donors (Lipinski definition) is 0. The highest BCUT2D eigenvalue weighted by Crippen LogP contribution is 2.44. The first-order valence-electron chi connectivity index (χ1n) is 11.5. The second-order valence-corrected chi connectivity index (χ2v) is 9.05. The quantitative estimate of drug-likeness (QED) is 0.373. The van der Waals surface area contributed by atoms with Crippen molar-refractivity contribution in [1.29, 1.82) is 0 Å². The monoisotopic (exact) mass is 470 g/mol. The molecular weight excluding hydrogens is 456 g/mol. The van der Waals surface area contributed by atoms with Crippen LogP contribution in [0.4, 0.5) is 11.4 Å². The molecule has 0 saturated heterocycles. The fourth-order valence-corrected chi connectivity index (χ4v) is 5.41. The second-order valence-electron chi connectivity index (χ2n) is 9.05. The number of anilines is 2. The van der Waals surface area contributed by atoms with Gasteiger partial charge in [-0.05, 0) is 40.8 Å². The lowest BCUT2D eigenvalue weighted by atomic mass is 9.75. The zero-order valence-corrected chi connectivity index (χ0v) is 19.6. The van der Waals surface area contributed by atoms with Crippen molar-refractivity contribution < 1.29 is 14.4 Å². The van der Waals surface area contributed by atoms with Gasteiger partial charge in [-0.25, -0.2) is 0 Å². The number of carbonyl (C=O) groups excluding carboxylic acids is 3. The highest BCUT2D eigenvalue weighted by atomic mass is 16.1. The Morgan fingerprint density at radius 2 is 0.973 bits per heavy atom. The fourth-order valence-electron chi connectivity index (χ4n) is 5.41. The van der Waals surface area contributed by atoms with Crippen molar-refractivity contribution in [2.45, 2.75) is 6.42 Å². The van der Waals surface area contributed by atoms with Gasteiger partial charge >= 0.3 is 0 Å². The summed E-state index contributed by atoms with van der Waals surface area (Å²) in [4.78, 5) is 41.1. The zero-order valence-electron chi connectivity index (χ0n) is 19.6. The van der Waals surface area contributed by atoms with E-state index in [9.17, 15) is 14.4 Å². The van der Waals surface area contributed by atoms with Crippen molar-refractivity contribution in [3.05, 3.63) is 117 Å². The Kier molecular flexibility index (Phi) is 5.27. The topological polar surface area (TPSA) is 57.7 Å². The van der Waals surface area contributed by atoms with Crippen LogP contribution in [0.1, 0.15) is 58.9 Å². The Morgan fingerprint density at radius 3 is 1.59 bits per heavy atom. The van der Waals surface area contributed by atoms with Crippen molar-refractivity contribution in [2.75, 3.05) is 9.44 Å². The molecule has 166 valence electrons. The summed E-state index contributed by atoms with van der Waals surface area (Å²) in [5, 5.41) is 0. The normalized spacial score (nSPS) is 13.4. The molecule has 2 aliphatic rings. The fraction of sp³-hybridized carbons (Fsp3) is 0.0357. The van der Waals surface area contributed by atoms with Gasteiger partial charge in [0, 0.05) is 39.2 Å². The van der Waals surface area contributed by atoms with E-state index >= 15 is 0 Å². The van der Waals surface area contributed by atoms with Crippen LogP contribution in [-0.2, 0) is 6.42 Å².